The number of carbonyl (C=O) groups excluding carboxylic acids is 4. The summed E-state index contributed by atoms with van der Waals surface area (Å²) in [6.45, 7) is 0. The molecule has 0 N–H and O–H groups in total. The molecular formula is C60H36N2O6. The summed E-state index contributed by atoms with van der Waals surface area (Å²) in [5.41, 5.74) is 10.7. The average molecular weight is 881 g/mol. The van der Waals surface area contributed by atoms with Crippen LogP contribution in [0.4, 0.5) is 34.1 Å². The fourth-order valence-corrected chi connectivity index (χ4v) is 9.29. The van der Waals surface area contributed by atoms with E-state index >= 15 is 0 Å². The molecule has 0 spiro atoms. The van der Waals surface area contributed by atoms with Crippen LogP contribution in [0.2, 0.25) is 0 Å². The van der Waals surface area contributed by atoms with Crippen molar-refractivity contribution in [3.63, 3.8) is 0 Å². The number of rotatable bonds is 7. The molecule has 0 bridgehead atoms. The largest absolute Gasteiger partial charge is 0.456 e. The molecule has 2 aliphatic carbocycles. The van der Waals surface area contributed by atoms with Crippen molar-refractivity contribution < 1.29 is 28.7 Å². The number of benzene rings is 8. The van der Waals surface area contributed by atoms with Gasteiger partial charge in [-0.15, -0.1) is 0 Å². The molecule has 0 saturated heterocycles. The summed E-state index contributed by atoms with van der Waals surface area (Å²) >= 11 is 0. The van der Waals surface area contributed by atoms with Gasteiger partial charge in [0.05, 0.1) is 0 Å². The second kappa shape index (κ2) is 16.2. The molecule has 8 aromatic rings. The van der Waals surface area contributed by atoms with Crippen molar-refractivity contribution in [2.45, 2.75) is 0 Å². The molecule has 2 aliphatic heterocycles. The minimum atomic E-state index is -0.333. The molecule has 8 nitrogen and oxygen atoms in total. The predicted octanol–water partition coefficient (Wildman–Crippen LogP) is 13.8. The average Bonchev–Trinajstić information content (AvgIpc) is 3.80. The van der Waals surface area contributed by atoms with Crippen molar-refractivity contribution in [1.29, 1.82) is 0 Å². The number of Topliss-reactive ketones (excluding diaryl/α,β-unsaturated/α-hetero) is 4. The second-order valence-electron chi connectivity index (χ2n) is 16.6. The number of ketones is 4. The number of para-hydroxylation sites is 2. The smallest absolute Gasteiger partial charge is 0.201 e. The third kappa shape index (κ3) is 6.78. The van der Waals surface area contributed by atoms with Crippen LogP contribution < -0.4 is 19.3 Å². The molecule has 0 fully saturated rings. The maximum Gasteiger partial charge on any atom is 0.201 e. The van der Waals surface area contributed by atoms with E-state index in [0.717, 1.165) is 56.4 Å². The van der Waals surface area contributed by atoms with Gasteiger partial charge in [-0.25, -0.2) is 0 Å². The number of fused-ring (bicyclic) bond motifs is 4. The van der Waals surface area contributed by atoms with Gasteiger partial charge in [-0.2, -0.15) is 0 Å². The maximum atomic E-state index is 13.4. The molecule has 0 unspecified atom stereocenters. The third-order valence-electron chi connectivity index (χ3n) is 12.6. The van der Waals surface area contributed by atoms with Gasteiger partial charge in [-0.05, 0) is 108 Å². The zero-order chi connectivity index (χ0) is 45.9. The van der Waals surface area contributed by atoms with E-state index in [9.17, 15) is 19.2 Å². The number of hydrogen-bond donors (Lipinski definition) is 0. The normalized spacial score (nSPS) is 14.3. The lowest BCUT2D eigenvalue weighted by molar-refractivity contribution is 0.0966. The van der Waals surface area contributed by atoms with Gasteiger partial charge in [0.1, 0.15) is 34.2 Å². The summed E-state index contributed by atoms with van der Waals surface area (Å²) in [6.07, 6.45) is 7.13. The number of allylic oxidation sites excluding steroid dienone is 4. The Balaban J connectivity index is 0.834. The molecule has 68 heavy (non-hydrogen) atoms. The van der Waals surface area contributed by atoms with Crippen LogP contribution in [-0.2, 0) is 0 Å². The molecule has 322 valence electrons. The van der Waals surface area contributed by atoms with Gasteiger partial charge in [0.25, 0.3) is 0 Å². The summed E-state index contributed by atoms with van der Waals surface area (Å²) in [6, 6.07) is 62.5. The van der Waals surface area contributed by atoms with Crippen LogP contribution in [0, 0.1) is 0 Å². The highest BCUT2D eigenvalue weighted by atomic mass is 16.5. The maximum absolute atomic E-state index is 13.4. The zero-order valence-corrected chi connectivity index (χ0v) is 36.1. The zero-order valence-electron chi connectivity index (χ0n) is 36.1. The molecule has 8 heteroatoms. The van der Waals surface area contributed by atoms with Crippen molar-refractivity contribution in [3.05, 3.63) is 262 Å². The fourth-order valence-electron chi connectivity index (χ4n) is 9.29. The Labute approximate surface area is 391 Å². The van der Waals surface area contributed by atoms with E-state index in [2.05, 4.69) is 58.3 Å². The number of nitrogens with zero attached hydrogens (tertiary/aromatic N) is 2. The fraction of sp³-hybridized carbons (Fsp3) is 0. The van der Waals surface area contributed by atoms with Gasteiger partial charge in [0.15, 0.2) is 0 Å². The highest BCUT2D eigenvalue weighted by molar-refractivity contribution is 6.40. The molecule has 0 radical (unpaired) electrons. The van der Waals surface area contributed by atoms with Gasteiger partial charge in [-0.3, -0.25) is 19.2 Å². The van der Waals surface area contributed by atoms with Gasteiger partial charge >= 0.3 is 0 Å². The first kappa shape index (κ1) is 40.1. The van der Waals surface area contributed by atoms with Crippen LogP contribution in [-0.4, -0.2) is 23.1 Å². The van der Waals surface area contributed by atoms with E-state index < -0.39 is 0 Å². The predicted molar refractivity (Wildman–Crippen MR) is 265 cm³/mol. The van der Waals surface area contributed by atoms with Crippen molar-refractivity contribution in [2.24, 2.45) is 0 Å². The first-order chi connectivity index (χ1) is 33.4. The van der Waals surface area contributed by atoms with Crippen LogP contribution in [0.15, 0.2) is 229 Å². The van der Waals surface area contributed by atoms with Gasteiger partial charge in [0, 0.05) is 79.6 Å². The van der Waals surface area contributed by atoms with E-state index in [1.165, 1.54) is 0 Å². The Hall–Kier alpha value is -9.40. The Bertz CT molecular complexity index is 3260. The molecule has 8 aromatic carbocycles. The highest BCUT2D eigenvalue weighted by Crippen LogP contribution is 2.43. The third-order valence-corrected chi connectivity index (χ3v) is 12.6. The number of carbonyl (C=O) groups is 4. The minimum Gasteiger partial charge on any atom is -0.456 e. The topological polar surface area (TPSA) is 93.2 Å². The monoisotopic (exact) mass is 880 g/mol. The minimum absolute atomic E-state index is 0.0399. The number of anilines is 6. The molecule has 12 rings (SSSR count). The van der Waals surface area contributed by atoms with Crippen LogP contribution in [0.5, 0.6) is 11.5 Å². The first-order valence-electron chi connectivity index (χ1n) is 22.1. The molecule has 4 aliphatic rings. The summed E-state index contributed by atoms with van der Waals surface area (Å²) in [7, 11) is 0. The standard InChI is InChI=1S/C60H36N2O6/c63-57-47-15-7-8-16-48(47)58(64)55(57)51-33-25-39-23-31-45(35-53(39)67-51)61(41-11-3-1-4-12-41)43-27-19-37(20-28-43)38-21-29-44(30-22-38)62(42-13-5-2-6-14-42)46-32-24-40-26-34-52(68-54(40)36-46)56-59(65)49-17-9-10-18-50(49)60(56)66/h1-36H. The van der Waals surface area contributed by atoms with E-state index in [-0.39, 0.29) is 45.8 Å². The Morgan fingerprint density at radius 1 is 0.294 bits per heavy atom. The SMILES string of the molecule is O=C1C(=C2C=Cc3ccc(N(c4ccccc4)c4ccc(-c5ccc(N(c6ccccc6)c6ccc7c(c6)OC(=C6C(=O)c8ccccc8C6=O)C=C7)cc5)cc4)cc3O2)C(=O)c2ccccc21. The molecule has 0 atom stereocenters. The molecule has 0 amide bonds. The molecule has 0 aromatic heterocycles. The summed E-state index contributed by atoms with van der Waals surface area (Å²) in [5, 5.41) is 0. The van der Waals surface area contributed by atoms with E-state index in [1.54, 1.807) is 60.7 Å². The van der Waals surface area contributed by atoms with Crippen LogP contribution in [0.1, 0.15) is 52.6 Å². The van der Waals surface area contributed by atoms with Crippen LogP contribution >= 0.6 is 0 Å². The number of hydrogen-bond acceptors (Lipinski definition) is 8. The molecular weight excluding hydrogens is 845 g/mol. The van der Waals surface area contributed by atoms with Crippen LogP contribution in [0.3, 0.4) is 0 Å². The van der Waals surface area contributed by atoms with Crippen molar-refractivity contribution in [1.82, 2.24) is 0 Å². The van der Waals surface area contributed by atoms with E-state index in [4.69, 9.17) is 9.47 Å². The van der Waals surface area contributed by atoms with E-state index in [1.807, 2.05) is 109 Å². The lowest BCUT2D eigenvalue weighted by atomic mass is 10.0. The van der Waals surface area contributed by atoms with Gasteiger partial charge in [0.2, 0.25) is 23.1 Å². The van der Waals surface area contributed by atoms with Crippen molar-refractivity contribution in [2.75, 3.05) is 9.80 Å². The quantitative estimate of drug-likeness (QED) is 0.115. The molecule has 0 saturated carbocycles. The lowest BCUT2D eigenvalue weighted by Gasteiger charge is -2.27. The Morgan fingerprint density at radius 2 is 0.603 bits per heavy atom. The summed E-state index contributed by atoms with van der Waals surface area (Å²) < 4.78 is 12.7. The summed E-state index contributed by atoms with van der Waals surface area (Å²) in [4.78, 5) is 57.7. The number of ether oxygens (including phenoxy) is 2. The van der Waals surface area contributed by atoms with Gasteiger partial charge in [-0.1, -0.05) is 109 Å². The second-order valence-corrected chi connectivity index (χ2v) is 16.6. The first-order valence-corrected chi connectivity index (χ1v) is 22.1. The summed E-state index contributed by atoms with van der Waals surface area (Å²) in [5.74, 6) is 0.216. The Morgan fingerprint density at radius 3 is 0.956 bits per heavy atom. The lowest BCUT2D eigenvalue weighted by Crippen LogP contribution is -2.13. The van der Waals surface area contributed by atoms with Crippen molar-refractivity contribution in [3.8, 4) is 22.6 Å². The van der Waals surface area contributed by atoms with E-state index in [0.29, 0.717) is 33.8 Å². The van der Waals surface area contributed by atoms with Gasteiger partial charge < -0.3 is 19.3 Å². The highest BCUT2D eigenvalue weighted by Gasteiger charge is 2.38. The van der Waals surface area contributed by atoms with Crippen LogP contribution in [0.25, 0.3) is 23.3 Å². The molecule has 2 heterocycles. The van der Waals surface area contributed by atoms with Crippen molar-refractivity contribution >= 4 is 69.4 Å². The Kier molecular flexibility index (Phi) is 9.58.